The van der Waals surface area contributed by atoms with E-state index in [1.165, 1.54) is 0 Å². The number of nitrogens with zero attached hydrogens (tertiary/aromatic N) is 4. The summed E-state index contributed by atoms with van der Waals surface area (Å²) in [4.78, 5) is 15.0. The van der Waals surface area contributed by atoms with Crippen LogP contribution in [0.4, 0.5) is 11.9 Å². The average Bonchev–Trinajstić information content (AvgIpc) is 2.37. The van der Waals surface area contributed by atoms with Crippen molar-refractivity contribution >= 4 is 23.7 Å². The summed E-state index contributed by atoms with van der Waals surface area (Å²) in [5.41, 5.74) is 0. The van der Waals surface area contributed by atoms with Crippen LogP contribution in [-0.2, 0) is 0 Å². The Morgan fingerprint density at radius 3 is 2.44 bits per heavy atom. The highest BCUT2D eigenvalue weighted by atomic mass is 32.2. The first kappa shape index (κ1) is 13.2. The number of hydrogen-bond acceptors (Lipinski definition) is 7. The summed E-state index contributed by atoms with van der Waals surface area (Å²) in [5.74, 6) is 1.22. The number of rotatable bonds is 3. The Bertz CT molecular complexity index is 384. The van der Waals surface area contributed by atoms with Crippen LogP contribution in [0, 0.1) is 0 Å². The van der Waals surface area contributed by atoms with Gasteiger partial charge in [0.2, 0.25) is 11.9 Å². The van der Waals surface area contributed by atoms with E-state index in [2.05, 4.69) is 39.0 Å². The summed E-state index contributed by atoms with van der Waals surface area (Å²) < 4.78 is 5.11. The lowest BCUT2D eigenvalue weighted by Crippen LogP contribution is -2.41. The lowest BCUT2D eigenvalue weighted by molar-refractivity contribution is 0.378. The van der Waals surface area contributed by atoms with Crippen LogP contribution in [0.25, 0.3) is 0 Å². The standard InChI is InChI=1S/C11H19N5OS/c1-7-5-16(6-8(2)18-7)10-13-9(12-3)14-11(15-10)17-4/h7-8H,5-6H2,1-4H3,(H,12,13,14,15). The topological polar surface area (TPSA) is 63.2 Å². The molecule has 2 rings (SSSR count). The van der Waals surface area contributed by atoms with E-state index in [1.807, 2.05) is 11.8 Å². The lowest BCUT2D eigenvalue weighted by atomic mass is 10.3. The number of aromatic nitrogens is 3. The van der Waals surface area contributed by atoms with Crippen molar-refractivity contribution in [2.45, 2.75) is 24.3 Å². The molecule has 0 aliphatic carbocycles. The normalized spacial score (nSPS) is 23.9. The first-order chi connectivity index (χ1) is 8.62. The van der Waals surface area contributed by atoms with E-state index >= 15 is 0 Å². The van der Waals surface area contributed by atoms with Crippen LogP contribution < -0.4 is 15.0 Å². The van der Waals surface area contributed by atoms with E-state index in [0.717, 1.165) is 13.1 Å². The minimum absolute atomic E-state index is 0.350. The van der Waals surface area contributed by atoms with Crippen LogP contribution >= 0.6 is 11.8 Å². The molecule has 0 amide bonds. The van der Waals surface area contributed by atoms with Crippen LogP contribution in [0.5, 0.6) is 6.01 Å². The quantitative estimate of drug-likeness (QED) is 0.886. The Morgan fingerprint density at radius 1 is 1.22 bits per heavy atom. The second kappa shape index (κ2) is 5.60. The molecule has 100 valence electrons. The molecule has 1 saturated heterocycles. The van der Waals surface area contributed by atoms with E-state index in [9.17, 15) is 0 Å². The maximum atomic E-state index is 5.11. The van der Waals surface area contributed by atoms with E-state index in [0.29, 0.717) is 28.4 Å². The number of ether oxygens (including phenoxy) is 1. The van der Waals surface area contributed by atoms with Crippen LogP contribution in [-0.4, -0.2) is 52.7 Å². The smallest absolute Gasteiger partial charge is 0.322 e. The van der Waals surface area contributed by atoms with E-state index in [-0.39, 0.29) is 0 Å². The minimum Gasteiger partial charge on any atom is -0.467 e. The summed E-state index contributed by atoms with van der Waals surface area (Å²) >= 11 is 2.00. The third-order valence-electron chi connectivity index (χ3n) is 2.71. The molecule has 1 aliphatic rings. The van der Waals surface area contributed by atoms with E-state index in [4.69, 9.17) is 4.74 Å². The van der Waals surface area contributed by atoms with Crippen molar-refractivity contribution in [1.82, 2.24) is 15.0 Å². The summed E-state index contributed by atoms with van der Waals surface area (Å²) in [6.45, 7) is 6.35. The fourth-order valence-corrected chi connectivity index (χ4v) is 3.36. The Morgan fingerprint density at radius 2 is 1.89 bits per heavy atom. The number of thioether (sulfide) groups is 1. The number of methoxy groups -OCH3 is 1. The van der Waals surface area contributed by atoms with E-state index < -0.39 is 0 Å². The summed E-state index contributed by atoms with van der Waals surface area (Å²) in [5, 5.41) is 4.09. The van der Waals surface area contributed by atoms with Gasteiger partial charge in [-0.2, -0.15) is 26.7 Å². The maximum absolute atomic E-state index is 5.11. The lowest BCUT2D eigenvalue weighted by Gasteiger charge is -2.34. The fraction of sp³-hybridized carbons (Fsp3) is 0.727. The predicted octanol–water partition coefficient (Wildman–Crippen LogP) is 1.25. The molecule has 1 fully saturated rings. The van der Waals surface area contributed by atoms with Crippen molar-refractivity contribution in [3.63, 3.8) is 0 Å². The third kappa shape index (κ3) is 2.95. The number of nitrogens with one attached hydrogen (secondary N) is 1. The molecule has 0 aromatic carbocycles. The Hall–Kier alpha value is -1.24. The number of hydrogen-bond donors (Lipinski definition) is 1. The van der Waals surface area contributed by atoms with Crippen molar-refractivity contribution in [3.05, 3.63) is 0 Å². The molecule has 1 aromatic heterocycles. The van der Waals surface area contributed by atoms with Crippen LogP contribution in [0.1, 0.15) is 13.8 Å². The van der Waals surface area contributed by atoms with Gasteiger partial charge in [0.05, 0.1) is 7.11 Å². The van der Waals surface area contributed by atoms with Gasteiger partial charge in [0.15, 0.2) is 0 Å². The van der Waals surface area contributed by atoms with Gasteiger partial charge in [-0.05, 0) is 0 Å². The highest BCUT2D eigenvalue weighted by Gasteiger charge is 2.25. The zero-order valence-corrected chi connectivity index (χ0v) is 12.0. The Balaban J connectivity index is 2.25. The van der Waals surface area contributed by atoms with Gasteiger partial charge >= 0.3 is 6.01 Å². The monoisotopic (exact) mass is 269 g/mol. The fourth-order valence-electron chi connectivity index (χ4n) is 2.03. The molecule has 7 heteroatoms. The number of anilines is 2. The van der Waals surface area contributed by atoms with Crippen LogP contribution in [0.15, 0.2) is 0 Å². The summed E-state index contributed by atoms with van der Waals surface area (Å²) in [7, 11) is 3.35. The maximum Gasteiger partial charge on any atom is 0.322 e. The van der Waals surface area contributed by atoms with E-state index in [1.54, 1.807) is 14.2 Å². The van der Waals surface area contributed by atoms with Crippen LogP contribution in [0.2, 0.25) is 0 Å². The highest BCUT2D eigenvalue weighted by molar-refractivity contribution is 8.00. The molecule has 0 radical (unpaired) electrons. The Kier molecular flexibility index (Phi) is 4.11. The second-order valence-corrected chi connectivity index (χ2v) is 6.24. The molecule has 6 nitrogen and oxygen atoms in total. The Labute approximate surface area is 112 Å². The van der Waals surface area contributed by atoms with Gasteiger partial charge in [0.25, 0.3) is 0 Å². The zero-order valence-electron chi connectivity index (χ0n) is 11.2. The van der Waals surface area contributed by atoms with Gasteiger partial charge in [-0.25, -0.2) is 0 Å². The van der Waals surface area contributed by atoms with Crippen molar-refractivity contribution in [3.8, 4) is 6.01 Å². The SMILES string of the molecule is CNc1nc(OC)nc(N2CC(C)SC(C)C2)n1. The molecule has 1 N–H and O–H groups in total. The van der Waals surface area contributed by atoms with Crippen molar-refractivity contribution in [1.29, 1.82) is 0 Å². The molecule has 18 heavy (non-hydrogen) atoms. The van der Waals surface area contributed by atoms with Gasteiger partial charge in [0.1, 0.15) is 0 Å². The molecular weight excluding hydrogens is 250 g/mol. The molecule has 0 spiro atoms. The summed E-state index contributed by atoms with van der Waals surface area (Å²) in [6.07, 6.45) is 0. The van der Waals surface area contributed by atoms with Crippen LogP contribution in [0.3, 0.4) is 0 Å². The predicted molar refractivity (Wildman–Crippen MR) is 74.7 cm³/mol. The van der Waals surface area contributed by atoms with Gasteiger partial charge in [-0.1, -0.05) is 13.8 Å². The first-order valence-electron chi connectivity index (χ1n) is 6.00. The third-order valence-corrected chi connectivity index (χ3v) is 3.94. The van der Waals surface area contributed by atoms with Crippen molar-refractivity contribution < 1.29 is 4.74 Å². The molecule has 2 unspecified atom stereocenters. The zero-order chi connectivity index (χ0) is 13.1. The molecular formula is C11H19N5OS. The average molecular weight is 269 g/mol. The molecule has 0 saturated carbocycles. The van der Waals surface area contributed by atoms with Crippen molar-refractivity contribution in [2.75, 3.05) is 37.5 Å². The molecule has 2 heterocycles. The highest BCUT2D eigenvalue weighted by Crippen LogP contribution is 2.27. The second-order valence-electron chi connectivity index (χ2n) is 4.36. The van der Waals surface area contributed by atoms with Gasteiger partial charge in [-0.3, -0.25) is 0 Å². The van der Waals surface area contributed by atoms with Crippen molar-refractivity contribution in [2.24, 2.45) is 0 Å². The first-order valence-corrected chi connectivity index (χ1v) is 6.95. The largest absolute Gasteiger partial charge is 0.467 e. The van der Waals surface area contributed by atoms with Gasteiger partial charge < -0.3 is 15.0 Å². The molecule has 2 atom stereocenters. The molecule has 0 bridgehead atoms. The van der Waals surface area contributed by atoms with Gasteiger partial charge in [-0.15, -0.1) is 0 Å². The molecule has 1 aromatic rings. The molecule has 1 aliphatic heterocycles. The summed E-state index contributed by atoms with van der Waals surface area (Å²) in [6, 6.07) is 0.350. The van der Waals surface area contributed by atoms with Gasteiger partial charge in [0, 0.05) is 30.6 Å². The minimum atomic E-state index is 0.350.